The van der Waals surface area contributed by atoms with Crippen LogP contribution in [0.2, 0.25) is 0 Å². The number of aromatic nitrogens is 2. The molecular formula is C17H15F2IN4O5. The number of halogens is 3. The molecule has 2 heterocycles. The molecule has 2 aromatic heterocycles. The van der Waals surface area contributed by atoms with E-state index >= 15 is 0 Å². The van der Waals surface area contributed by atoms with Gasteiger partial charge >= 0.3 is 6.09 Å². The lowest BCUT2D eigenvalue weighted by molar-refractivity contribution is -0.0290. The van der Waals surface area contributed by atoms with Gasteiger partial charge in [0, 0.05) is 9.64 Å². The van der Waals surface area contributed by atoms with Gasteiger partial charge in [-0.25, -0.2) is 18.6 Å². The molecule has 9 nitrogen and oxygen atoms in total. The van der Waals surface area contributed by atoms with E-state index in [0.29, 0.717) is 3.57 Å². The van der Waals surface area contributed by atoms with Crippen LogP contribution in [0.25, 0.3) is 5.52 Å². The highest BCUT2D eigenvalue weighted by atomic mass is 127. The molecule has 0 aliphatic heterocycles. The Kier molecular flexibility index (Phi) is 6.79. The van der Waals surface area contributed by atoms with Gasteiger partial charge in [0.05, 0.1) is 18.5 Å². The first-order chi connectivity index (χ1) is 13.9. The van der Waals surface area contributed by atoms with Crippen LogP contribution in [0.5, 0.6) is 5.75 Å². The Labute approximate surface area is 176 Å². The maximum Gasteiger partial charge on any atom is 0.436 e. The van der Waals surface area contributed by atoms with Crippen molar-refractivity contribution in [3.05, 3.63) is 52.0 Å². The number of ether oxygens (including phenoxy) is 1. The third kappa shape index (κ3) is 5.09. The Morgan fingerprint density at radius 2 is 2.10 bits per heavy atom. The van der Waals surface area contributed by atoms with E-state index in [1.807, 2.05) is 28.1 Å². The van der Waals surface area contributed by atoms with Crippen molar-refractivity contribution in [3.63, 3.8) is 0 Å². The number of rotatable bonds is 7. The largest absolute Gasteiger partial charge is 0.436 e. The molecule has 3 aromatic rings. The molecule has 0 fully saturated rings. The highest BCUT2D eigenvalue weighted by molar-refractivity contribution is 14.1. The number of amides is 1. The number of carbonyl (C=O) groups excluding carboxylic acids is 1. The molecule has 12 heteroatoms. The number of nitrogens with zero attached hydrogens (tertiary/aromatic N) is 2. The molecule has 0 spiro atoms. The van der Waals surface area contributed by atoms with Crippen LogP contribution in [0, 0.1) is 15.2 Å². The lowest BCUT2D eigenvalue weighted by Gasteiger charge is -2.16. The van der Waals surface area contributed by atoms with Gasteiger partial charge in [-0.1, -0.05) is 0 Å². The fraction of sp³-hybridized carbons (Fsp3) is 0.176. The average molecular weight is 520 g/mol. The van der Waals surface area contributed by atoms with E-state index in [0.717, 1.165) is 6.07 Å². The summed E-state index contributed by atoms with van der Waals surface area (Å²) in [6.45, 7) is -0.950. The van der Waals surface area contributed by atoms with Crippen LogP contribution < -0.4 is 15.5 Å². The summed E-state index contributed by atoms with van der Waals surface area (Å²) in [4.78, 5) is 20.5. The quantitative estimate of drug-likeness (QED) is 0.279. The monoisotopic (exact) mass is 520 g/mol. The number of hydroxylamine groups is 1. The van der Waals surface area contributed by atoms with Crippen molar-refractivity contribution in [2.75, 3.05) is 18.5 Å². The molecule has 1 atom stereocenters. The van der Waals surface area contributed by atoms with Crippen LogP contribution in [0.1, 0.15) is 0 Å². The maximum absolute atomic E-state index is 14.3. The van der Waals surface area contributed by atoms with Crippen molar-refractivity contribution in [1.82, 2.24) is 14.9 Å². The van der Waals surface area contributed by atoms with Crippen LogP contribution in [-0.2, 0) is 4.84 Å². The van der Waals surface area contributed by atoms with Crippen molar-refractivity contribution < 1.29 is 33.4 Å². The fourth-order valence-corrected chi connectivity index (χ4v) is 2.77. The minimum absolute atomic E-state index is 0.0459. The number of nitrogens with one attached hydrogen (secondary N) is 2. The SMILES string of the molecule is O=C(NOC[C@H](O)CO)Oc1cc(F)c2cncn2c1Nc1ccc(I)cc1F. The normalized spacial score (nSPS) is 12.0. The fourth-order valence-electron chi connectivity index (χ4n) is 2.31. The zero-order chi connectivity index (χ0) is 21.0. The summed E-state index contributed by atoms with van der Waals surface area (Å²) in [6, 6.07) is 5.37. The number of aliphatic hydroxyl groups is 2. The molecule has 0 aliphatic rings. The Balaban J connectivity index is 1.88. The zero-order valence-electron chi connectivity index (χ0n) is 14.6. The summed E-state index contributed by atoms with van der Waals surface area (Å²) in [6.07, 6.45) is 0.203. The summed E-state index contributed by atoms with van der Waals surface area (Å²) in [5.41, 5.74) is 2.03. The van der Waals surface area contributed by atoms with Crippen molar-refractivity contribution in [1.29, 1.82) is 0 Å². The predicted octanol–water partition coefficient (Wildman–Crippen LogP) is 2.33. The minimum atomic E-state index is -1.20. The summed E-state index contributed by atoms with van der Waals surface area (Å²) in [5.74, 6) is -1.51. The van der Waals surface area contributed by atoms with Crippen LogP contribution >= 0.6 is 22.6 Å². The number of benzene rings is 1. The van der Waals surface area contributed by atoms with Crippen LogP contribution in [-0.4, -0.2) is 45.0 Å². The molecule has 0 aliphatic carbocycles. The van der Waals surface area contributed by atoms with Crippen LogP contribution in [0.4, 0.5) is 25.1 Å². The van der Waals surface area contributed by atoms with E-state index in [4.69, 9.17) is 9.84 Å². The number of hydrogen-bond donors (Lipinski definition) is 4. The Bertz CT molecular complexity index is 1030. The van der Waals surface area contributed by atoms with E-state index in [2.05, 4.69) is 15.1 Å². The maximum atomic E-state index is 14.3. The van der Waals surface area contributed by atoms with Gasteiger partial charge in [-0.05, 0) is 40.8 Å². The molecule has 4 N–H and O–H groups in total. The molecule has 0 radical (unpaired) electrons. The number of anilines is 2. The second-order valence-electron chi connectivity index (χ2n) is 5.74. The van der Waals surface area contributed by atoms with Crippen molar-refractivity contribution in [2.24, 2.45) is 0 Å². The van der Waals surface area contributed by atoms with Crippen molar-refractivity contribution in [2.45, 2.75) is 6.10 Å². The molecule has 0 saturated carbocycles. The molecular weight excluding hydrogens is 505 g/mol. The number of carbonyl (C=O) groups is 1. The van der Waals surface area contributed by atoms with Gasteiger partial charge in [-0.3, -0.25) is 9.24 Å². The second-order valence-corrected chi connectivity index (χ2v) is 6.99. The summed E-state index contributed by atoms with van der Waals surface area (Å²) >= 11 is 1.96. The van der Waals surface area contributed by atoms with Crippen molar-refractivity contribution >= 4 is 45.7 Å². The van der Waals surface area contributed by atoms with Gasteiger partial charge in [-0.15, -0.1) is 0 Å². The van der Waals surface area contributed by atoms with Crippen LogP contribution in [0.15, 0.2) is 36.8 Å². The minimum Gasteiger partial charge on any atom is -0.405 e. The van der Waals surface area contributed by atoms with E-state index in [-0.39, 0.29) is 29.4 Å². The number of aliphatic hydroxyl groups excluding tert-OH is 2. The first-order valence-corrected chi connectivity index (χ1v) is 9.22. The number of fused-ring (bicyclic) bond motifs is 1. The highest BCUT2D eigenvalue weighted by Crippen LogP contribution is 2.32. The predicted molar refractivity (Wildman–Crippen MR) is 106 cm³/mol. The standard InChI is InChI=1S/C17H15F2IN4O5/c18-11-3-9(20)1-2-13(11)22-16-15(4-12(19)14-5-21-8-24(14)16)29-17(27)23-28-7-10(26)6-25/h1-5,8,10,22,25-26H,6-7H2,(H,23,27)/t10-/m1/s1. The van der Waals surface area contributed by atoms with Gasteiger partial charge in [0.2, 0.25) is 0 Å². The summed E-state index contributed by atoms with van der Waals surface area (Å²) in [7, 11) is 0. The molecule has 0 bridgehead atoms. The number of imidazole rings is 1. The van der Waals surface area contributed by atoms with Gasteiger partial charge in [0.15, 0.2) is 17.4 Å². The molecule has 154 valence electrons. The molecule has 0 saturated heterocycles. The number of hydrogen-bond acceptors (Lipinski definition) is 7. The van der Waals surface area contributed by atoms with Gasteiger partial charge in [0.1, 0.15) is 30.4 Å². The van der Waals surface area contributed by atoms with Gasteiger partial charge < -0.3 is 20.3 Å². The molecule has 1 amide bonds. The van der Waals surface area contributed by atoms with E-state index in [1.165, 1.54) is 29.1 Å². The molecule has 3 rings (SSSR count). The first-order valence-electron chi connectivity index (χ1n) is 8.14. The third-order valence-corrected chi connectivity index (χ3v) is 4.32. The van der Waals surface area contributed by atoms with E-state index in [9.17, 15) is 18.7 Å². The molecule has 29 heavy (non-hydrogen) atoms. The highest BCUT2D eigenvalue weighted by Gasteiger charge is 2.18. The Morgan fingerprint density at radius 3 is 2.83 bits per heavy atom. The Hall–Kier alpha value is -2.55. The summed E-state index contributed by atoms with van der Waals surface area (Å²) < 4.78 is 35.6. The average Bonchev–Trinajstić information content (AvgIpc) is 3.16. The Morgan fingerprint density at radius 1 is 1.31 bits per heavy atom. The number of pyridine rings is 1. The van der Waals surface area contributed by atoms with E-state index in [1.54, 1.807) is 6.07 Å². The van der Waals surface area contributed by atoms with Gasteiger partial charge in [0.25, 0.3) is 0 Å². The van der Waals surface area contributed by atoms with Crippen LogP contribution in [0.3, 0.4) is 0 Å². The lowest BCUT2D eigenvalue weighted by atomic mass is 10.3. The van der Waals surface area contributed by atoms with Gasteiger partial charge in [-0.2, -0.15) is 5.48 Å². The smallest absolute Gasteiger partial charge is 0.405 e. The molecule has 0 unspecified atom stereocenters. The lowest BCUT2D eigenvalue weighted by Crippen LogP contribution is -2.32. The zero-order valence-corrected chi connectivity index (χ0v) is 16.8. The second kappa shape index (κ2) is 9.30. The summed E-state index contributed by atoms with van der Waals surface area (Å²) in [5, 5.41) is 20.6. The molecule has 1 aromatic carbocycles. The van der Waals surface area contributed by atoms with Crippen molar-refractivity contribution in [3.8, 4) is 5.75 Å². The topological polar surface area (TPSA) is 117 Å². The van der Waals surface area contributed by atoms with E-state index < -0.39 is 30.4 Å². The third-order valence-electron chi connectivity index (χ3n) is 3.64. The first kappa shape index (κ1) is 21.2.